The molecule has 3 rings (SSSR count). The highest BCUT2D eigenvalue weighted by atomic mass is 35.5. The van der Waals surface area contributed by atoms with Crippen molar-refractivity contribution in [2.24, 2.45) is 0 Å². The summed E-state index contributed by atoms with van der Waals surface area (Å²) in [6.45, 7) is 2.16. The van der Waals surface area contributed by atoms with Crippen LogP contribution in [-0.2, 0) is 0 Å². The Bertz CT molecular complexity index is 677. The molecule has 0 aliphatic heterocycles. The number of nitrogens with zero attached hydrogens (tertiary/aromatic N) is 4. The zero-order valence-corrected chi connectivity index (χ0v) is 12.0. The highest BCUT2D eigenvalue weighted by Crippen LogP contribution is 2.42. The largest absolute Gasteiger partial charge is 0.184 e. The minimum absolute atomic E-state index is 0.426. The Balaban J connectivity index is 2.25. The summed E-state index contributed by atoms with van der Waals surface area (Å²) in [4.78, 5) is 0. The van der Waals surface area contributed by atoms with Crippen molar-refractivity contribution in [2.75, 3.05) is 5.75 Å². The van der Waals surface area contributed by atoms with Gasteiger partial charge in [-0.05, 0) is 28.9 Å². The van der Waals surface area contributed by atoms with E-state index in [0.717, 1.165) is 36.8 Å². The van der Waals surface area contributed by atoms with Crippen molar-refractivity contribution < 1.29 is 0 Å². The molecular formula is C9H7ClN4S3. The molecule has 4 nitrogen and oxygen atoms in total. The minimum Gasteiger partial charge on any atom is -0.184 e. The zero-order chi connectivity index (χ0) is 11.8. The van der Waals surface area contributed by atoms with Gasteiger partial charge in [-0.2, -0.15) is 4.37 Å². The Labute approximate surface area is 115 Å². The van der Waals surface area contributed by atoms with Gasteiger partial charge in [0.2, 0.25) is 0 Å². The lowest BCUT2D eigenvalue weighted by Gasteiger charge is -1.94. The fourth-order valence-corrected chi connectivity index (χ4v) is 4.80. The van der Waals surface area contributed by atoms with Crippen LogP contribution in [0, 0.1) is 0 Å². The molecular weight excluding hydrogens is 296 g/mol. The molecule has 0 unspecified atom stereocenters. The number of rotatable bonds is 3. The van der Waals surface area contributed by atoms with Gasteiger partial charge in [0.25, 0.3) is 0 Å². The first-order valence-electron chi connectivity index (χ1n) is 5.00. The topological polar surface area (TPSA) is 51.6 Å². The molecule has 0 atom stereocenters. The van der Waals surface area contributed by atoms with Crippen molar-refractivity contribution in [3.05, 3.63) is 5.15 Å². The molecule has 0 spiro atoms. The van der Waals surface area contributed by atoms with Gasteiger partial charge in [-0.3, -0.25) is 0 Å². The summed E-state index contributed by atoms with van der Waals surface area (Å²) in [5.74, 6) is 1.06. The summed E-state index contributed by atoms with van der Waals surface area (Å²) in [6, 6.07) is 0. The van der Waals surface area contributed by atoms with Crippen molar-refractivity contribution in [1.29, 1.82) is 0 Å². The van der Waals surface area contributed by atoms with E-state index >= 15 is 0 Å². The Kier molecular flexibility index (Phi) is 3.16. The smallest absolute Gasteiger partial charge is 0.172 e. The highest BCUT2D eigenvalue weighted by molar-refractivity contribution is 7.99. The van der Waals surface area contributed by atoms with Crippen molar-refractivity contribution in [1.82, 2.24) is 19.8 Å². The van der Waals surface area contributed by atoms with Crippen LogP contribution in [0.15, 0.2) is 5.03 Å². The first kappa shape index (κ1) is 11.6. The SMILES string of the molecule is CCCSc1nsc2sc3c(Cl)nnnc3c12. The summed E-state index contributed by atoms with van der Waals surface area (Å²) in [6.07, 6.45) is 1.12. The lowest BCUT2D eigenvalue weighted by Crippen LogP contribution is -1.86. The van der Waals surface area contributed by atoms with Crippen LogP contribution in [0.25, 0.3) is 19.6 Å². The Morgan fingerprint density at radius 3 is 3.06 bits per heavy atom. The van der Waals surface area contributed by atoms with Gasteiger partial charge in [0.1, 0.15) is 14.6 Å². The molecule has 0 aliphatic rings. The summed E-state index contributed by atoms with van der Waals surface area (Å²) >= 11 is 10.9. The predicted octanol–water partition coefficient (Wildman–Crippen LogP) is 3.85. The van der Waals surface area contributed by atoms with Gasteiger partial charge in [-0.1, -0.05) is 18.5 Å². The lowest BCUT2D eigenvalue weighted by molar-refractivity contribution is 0.899. The summed E-state index contributed by atoms with van der Waals surface area (Å²) in [5, 5.41) is 14.1. The second-order valence-corrected chi connectivity index (χ2v) is 6.85. The van der Waals surface area contributed by atoms with E-state index in [1.54, 1.807) is 23.1 Å². The first-order chi connectivity index (χ1) is 8.31. The van der Waals surface area contributed by atoms with Crippen LogP contribution >= 0.6 is 46.2 Å². The summed E-state index contributed by atoms with van der Waals surface area (Å²) in [5.41, 5.74) is 0.831. The molecule has 0 saturated carbocycles. The average molecular weight is 303 g/mol. The fraction of sp³-hybridized carbons (Fsp3) is 0.333. The monoisotopic (exact) mass is 302 g/mol. The number of aromatic nitrogens is 4. The number of fused-ring (bicyclic) bond motifs is 3. The Morgan fingerprint density at radius 2 is 2.24 bits per heavy atom. The van der Waals surface area contributed by atoms with Crippen molar-refractivity contribution in [3.63, 3.8) is 0 Å². The second kappa shape index (κ2) is 4.64. The van der Waals surface area contributed by atoms with E-state index in [1.807, 2.05) is 0 Å². The van der Waals surface area contributed by atoms with Gasteiger partial charge < -0.3 is 0 Å². The Morgan fingerprint density at radius 1 is 1.35 bits per heavy atom. The summed E-state index contributed by atoms with van der Waals surface area (Å²) < 4.78 is 6.50. The van der Waals surface area contributed by atoms with E-state index < -0.39 is 0 Å². The third-order valence-corrected chi connectivity index (χ3v) is 5.95. The second-order valence-electron chi connectivity index (χ2n) is 3.36. The molecule has 0 aromatic carbocycles. The van der Waals surface area contributed by atoms with Crippen LogP contribution in [0.1, 0.15) is 13.3 Å². The van der Waals surface area contributed by atoms with E-state index in [4.69, 9.17) is 11.6 Å². The molecule has 88 valence electrons. The maximum absolute atomic E-state index is 6.02. The molecule has 0 N–H and O–H groups in total. The van der Waals surface area contributed by atoms with Gasteiger partial charge in [-0.25, -0.2) is 0 Å². The molecule has 0 bridgehead atoms. The number of hydrogen-bond donors (Lipinski definition) is 0. The fourth-order valence-electron chi connectivity index (χ4n) is 1.47. The molecule has 0 saturated heterocycles. The number of thiophene rings is 1. The lowest BCUT2D eigenvalue weighted by atomic mass is 10.4. The van der Waals surface area contributed by atoms with Crippen molar-refractivity contribution in [2.45, 2.75) is 18.4 Å². The molecule has 3 aromatic rings. The third kappa shape index (κ3) is 1.91. The maximum Gasteiger partial charge on any atom is 0.172 e. The van der Waals surface area contributed by atoms with Crippen LogP contribution < -0.4 is 0 Å². The number of thioether (sulfide) groups is 1. The van der Waals surface area contributed by atoms with E-state index in [2.05, 4.69) is 26.7 Å². The zero-order valence-electron chi connectivity index (χ0n) is 8.81. The quantitative estimate of drug-likeness (QED) is 0.688. The average Bonchev–Trinajstić information content (AvgIpc) is 2.87. The molecule has 0 fully saturated rings. The molecule has 0 aliphatic carbocycles. The van der Waals surface area contributed by atoms with E-state index in [-0.39, 0.29) is 0 Å². The molecule has 0 amide bonds. The van der Waals surface area contributed by atoms with Gasteiger partial charge in [-0.15, -0.1) is 33.3 Å². The van der Waals surface area contributed by atoms with Crippen molar-refractivity contribution in [3.8, 4) is 0 Å². The van der Waals surface area contributed by atoms with Gasteiger partial charge in [0.05, 0.1) is 10.1 Å². The molecule has 0 radical (unpaired) electrons. The van der Waals surface area contributed by atoms with E-state index in [1.165, 1.54) is 11.5 Å². The third-order valence-electron chi connectivity index (χ3n) is 2.18. The number of halogens is 1. The van der Waals surface area contributed by atoms with E-state index in [0.29, 0.717) is 5.15 Å². The van der Waals surface area contributed by atoms with Crippen LogP contribution in [0.2, 0.25) is 5.15 Å². The van der Waals surface area contributed by atoms with Crippen LogP contribution in [0.5, 0.6) is 0 Å². The number of hydrogen-bond acceptors (Lipinski definition) is 7. The van der Waals surface area contributed by atoms with Crippen LogP contribution in [0.3, 0.4) is 0 Å². The molecule has 3 heterocycles. The van der Waals surface area contributed by atoms with Crippen molar-refractivity contribution >= 4 is 65.8 Å². The molecule has 3 aromatic heterocycles. The van der Waals surface area contributed by atoms with Crippen LogP contribution in [0.4, 0.5) is 0 Å². The van der Waals surface area contributed by atoms with Gasteiger partial charge >= 0.3 is 0 Å². The minimum atomic E-state index is 0.426. The van der Waals surface area contributed by atoms with Gasteiger partial charge in [0.15, 0.2) is 5.15 Å². The van der Waals surface area contributed by atoms with Gasteiger partial charge in [0, 0.05) is 0 Å². The highest BCUT2D eigenvalue weighted by Gasteiger charge is 2.17. The van der Waals surface area contributed by atoms with E-state index in [9.17, 15) is 0 Å². The molecule has 17 heavy (non-hydrogen) atoms. The first-order valence-corrected chi connectivity index (χ1v) is 7.96. The normalized spacial score (nSPS) is 11.6. The summed E-state index contributed by atoms with van der Waals surface area (Å²) in [7, 11) is 0. The predicted molar refractivity (Wildman–Crippen MR) is 74.4 cm³/mol. The standard InChI is InChI=1S/C9H7ClN4S3/c1-2-3-15-8-4-5-6(7(10)12-14-11-5)16-9(4)17-13-8/h2-3H2,1H3. The Hall–Kier alpha value is -0.500. The maximum atomic E-state index is 6.02. The molecule has 8 heteroatoms. The van der Waals surface area contributed by atoms with Crippen LogP contribution in [-0.4, -0.2) is 25.5 Å².